The molecular formula is C23H22FN3O3. The molecule has 0 unspecified atom stereocenters. The third-order valence-electron chi connectivity index (χ3n) is 5.14. The Bertz CT molecular complexity index is 1060. The summed E-state index contributed by atoms with van der Waals surface area (Å²) in [6.07, 6.45) is 0.591. The Morgan fingerprint density at radius 3 is 2.53 bits per heavy atom. The molecule has 0 spiro atoms. The van der Waals surface area contributed by atoms with E-state index in [1.165, 1.54) is 18.2 Å². The molecule has 0 saturated carbocycles. The lowest BCUT2D eigenvalue weighted by molar-refractivity contribution is -0.121. The quantitative estimate of drug-likeness (QED) is 0.610. The number of Topliss-reactive ketones (excluding diaryl/α,β-unsaturated/α-hetero) is 1. The van der Waals surface area contributed by atoms with Crippen molar-refractivity contribution < 1.29 is 18.5 Å². The maximum Gasteiger partial charge on any atom is 0.239 e. The Morgan fingerprint density at radius 2 is 1.87 bits per heavy atom. The van der Waals surface area contributed by atoms with Crippen LogP contribution in [-0.4, -0.2) is 22.9 Å². The number of rotatable bonds is 6. The highest BCUT2D eigenvalue weighted by atomic mass is 19.1. The standard InChI is InChI=1S/C23H22FN3O3/c1-14(2)12-19-22(29)26-23(25-19,16-6-4-3-5-7-16)21(28)18-13-20(30-27-18)15-8-10-17(24)11-9-15/h3-11,13-14,19,25H,12H2,1-2H3,(H,26,29)/t19-,23+/m0/s1. The zero-order valence-corrected chi connectivity index (χ0v) is 16.7. The lowest BCUT2D eigenvalue weighted by Crippen LogP contribution is -2.54. The van der Waals surface area contributed by atoms with E-state index in [9.17, 15) is 14.0 Å². The Morgan fingerprint density at radius 1 is 1.17 bits per heavy atom. The van der Waals surface area contributed by atoms with Gasteiger partial charge in [0, 0.05) is 17.2 Å². The van der Waals surface area contributed by atoms with E-state index in [4.69, 9.17) is 4.52 Å². The molecule has 3 aromatic rings. The summed E-state index contributed by atoms with van der Waals surface area (Å²) in [7, 11) is 0. The number of amides is 1. The molecular weight excluding hydrogens is 385 g/mol. The van der Waals surface area contributed by atoms with Gasteiger partial charge in [-0.25, -0.2) is 4.39 Å². The van der Waals surface area contributed by atoms with Crippen molar-refractivity contribution in [2.24, 2.45) is 5.92 Å². The number of halogens is 1. The molecule has 0 bridgehead atoms. The largest absolute Gasteiger partial charge is 0.356 e. The van der Waals surface area contributed by atoms with E-state index < -0.39 is 17.5 Å². The van der Waals surface area contributed by atoms with Crippen LogP contribution in [0.25, 0.3) is 11.3 Å². The van der Waals surface area contributed by atoms with Crippen LogP contribution in [0, 0.1) is 11.7 Å². The maximum atomic E-state index is 13.6. The minimum atomic E-state index is -1.44. The summed E-state index contributed by atoms with van der Waals surface area (Å²) in [6.45, 7) is 4.04. The Labute approximate surface area is 173 Å². The summed E-state index contributed by atoms with van der Waals surface area (Å²) in [5.74, 6) is -0.420. The van der Waals surface area contributed by atoms with Crippen LogP contribution in [0.2, 0.25) is 0 Å². The Kier molecular flexibility index (Phi) is 5.22. The minimum Gasteiger partial charge on any atom is -0.356 e. The molecule has 4 rings (SSSR count). The van der Waals surface area contributed by atoms with E-state index in [1.807, 2.05) is 19.9 Å². The number of carbonyl (C=O) groups is 2. The molecule has 154 valence electrons. The molecule has 2 N–H and O–H groups in total. The Balaban J connectivity index is 1.71. The molecule has 1 aliphatic rings. The fraction of sp³-hybridized carbons (Fsp3) is 0.261. The van der Waals surface area contributed by atoms with Crippen molar-refractivity contribution in [2.75, 3.05) is 0 Å². The highest BCUT2D eigenvalue weighted by Crippen LogP contribution is 2.31. The lowest BCUT2D eigenvalue weighted by Gasteiger charge is -2.28. The summed E-state index contributed by atoms with van der Waals surface area (Å²) in [5.41, 5.74) is -0.163. The molecule has 1 aliphatic heterocycles. The van der Waals surface area contributed by atoms with Crippen LogP contribution in [0.15, 0.2) is 65.2 Å². The summed E-state index contributed by atoms with van der Waals surface area (Å²) < 4.78 is 18.5. The second kappa shape index (κ2) is 7.84. The predicted octanol–water partition coefficient (Wildman–Crippen LogP) is 3.65. The van der Waals surface area contributed by atoms with Crippen molar-refractivity contribution in [3.63, 3.8) is 0 Å². The monoisotopic (exact) mass is 407 g/mol. The third kappa shape index (κ3) is 3.64. The van der Waals surface area contributed by atoms with Gasteiger partial charge in [-0.05, 0) is 36.6 Å². The molecule has 1 amide bonds. The van der Waals surface area contributed by atoms with Crippen LogP contribution >= 0.6 is 0 Å². The number of hydrogen-bond acceptors (Lipinski definition) is 5. The molecule has 1 fully saturated rings. The van der Waals surface area contributed by atoms with Gasteiger partial charge in [0.25, 0.3) is 0 Å². The number of aromatic nitrogens is 1. The van der Waals surface area contributed by atoms with Gasteiger partial charge < -0.3 is 9.84 Å². The highest BCUT2D eigenvalue weighted by Gasteiger charge is 2.51. The number of benzene rings is 2. The van der Waals surface area contributed by atoms with Crippen molar-refractivity contribution in [1.29, 1.82) is 0 Å². The van der Waals surface area contributed by atoms with Crippen LogP contribution in [-0.2, 0) is 10.5 Å². The van der Waals surface area contributed by atoms with Gasteiger partial charge >= 0.3 is 0 Å². The van der Waals surface area contributed by atoms with E-state index >= 15 is 0 Å². The van der Waals surface area contributed by atoms with Gasteiger partial charge in [0.05, 0.1) is 6.04 Å². The topological polar surface area (TPSA) is 84.2 Å². The van der Waals surface area contributed by atoms with Crippen LogP contribution in [0.3, 0.4) is 0 Å². The fourth-order valence-corrected chi connectivity index (χ4v) is 3.69. The highest BCUT2D eigenvalue weighted by molar-refractivity contribution is 6.06. The molecule has 2 atom stereocenters. The van der Waals surface area contributed by atoms with Gasteiger partial charge in [0.2, 0.25) is 11.7 Å². The summed E-state index contributed by atoms with van der Waals surface area (Å²) in [4.78, 5) is 26.3. The average molecular weight is 407 g/mol. The van der Waals surface area contributed by atoms with Crippen molar-refractivity contribution in [2.45, 2.75) is 32.0 Å². The van der Waals surface area contributed by atoms with Crippen LogP contribution in [0.4, 0.5) is 4.39 Å². The SMILES string of the molecule is CC(C)C[C@@H]1N[C@](C(=O)c2cc(-c3ccc(F)cc3)on2)(c2ccccc2)NC1=O. The minimum absolute atomic E-state index is 0.0659. The van der Waals surface area contributed by atoms with E-state index in [-0.39, 0.29) is 23.3 Å². The number of ketones is 1. The summed E-state index contributed by atoms with van der Waals surface area (Å²) in [6, 6.07) is 15.7. The third-order valence-corrected chi connectivity index (χ3v) is 5.14. The second-order valence-electron chi connectivity index (χ2n) is 7.84. The number of nitrogens with one attached hydrogen (secondary N) is 2. The molecule has 0 radical (unpaired) electrons. The number of nitrogens with zero attached hydrogens (tertiary/aromatic N) is 1. The average Bonchev–Trinajstić information content (AvgIpc) is 3.34. The zero-order chi connectivity index (χ0) is 21.3. The van der Waals surface area contributed by atoms with Gasteiger partial charge in [-0.3, -0.25) is 14.9 Å². The van der Waals surface area contributed by atoms with E-state index in [0.717, 1.165) is 0 Å². The van der Waals surface area contributed by atoms with E-state index in [2.05, 4.69) is 15.8 Å². The first kappa shape index (κ1) is 20.0. The fourth-order valence-electron chi connectivity index (χ4n) is 3.69. The van der Waals surface area contributed by atoms with E-state index in [1.54, 1.807) is 36.4 Å². The summed E-state index contributed by atoms with van der Waals surface area (Å²) in [5, 5.41) is 10.0. The van der Waals surface area contributed by atoms with Gasteiger partial charge in [-0.1, -0.05) is 49.3 Å². The molecule has 1 saturated heterocycles. The lowest BCUT2D eigenvalue weighted by atomic mass is 9.93. The first-order chi connectivity index (χ1) is 14.4. The van der Waals surface area contributed by atoms with Crippen LogP contribution in [0.1, 0.15) is 36.3 Å². The predicted molar refractivity (Wildman–Crippen MR) is 109 cm³/mol. The van der Waals surface area contributed by atoms with Gasteiger partial charge in [0.1, 0.15) is 5.82 Å². The van der Waals surface area contributed by atoms with Crippen molar-refractivity contribution >= 4 is 11.7 Å². The van der Waals surface area contributed by atoms with Crippen molar-refractivity contribution in [3.05, 3.63) is 77.7 Å². The molecule has 0 aliphatic carbocycles. The van der Waals surface area contributed by atoms with Crippen LogP contribution in [0.5, 0.6) is 0 Å². The molecule has 2 aromatic carbocycles. The second-order valence-corrected chi connectivity index (χ2v) is 7.84. The molecule has 2 heterocycles. The van der Waals surface area contributed by atoms with Crippen molar-refractivity contribution in [1.82, 2.24) is 15.8 Å². The van der Waals surface area contributed by atoms with Gasteiger partial charge in [-0.15, -0.1) is 0 Å². The maximum absolute atomic E-state index is 13.6. The Hall–Kier alpha value is -3.32. The summed E-state index contributed by atoms with van der Waals surface area (Å²) >= 11 is 0. The molecule has 7 heteroatoms. The molecule has 1 aromatic heterocycles. The van der Waals surface area contributed by atoms with Crippen molar-refractivity contribution in [3.8, 4) is 11.3 Å². The van der Waals surface area contributed by atoms with E-state index in [0.29, 0.717) is 23.3 Å². The zero-order valence-electron chi connectivity index (χ0n) is 16.7. The first-order valence-corrected chi connectivity index (χ1v) is 9.82. The number of hydrogen-bond donors (Lipinski definition) is 2. The van der Waals surface area contributed by atoms with Gasteiger partial charge in [-0.2, -0.15) is 0 Å². The van der Waals surface area contributed by atoms with Gasteiger partial charge in [0.15, 0.2) is 17.1 Å². The first-order valence-electron chi connectivity index (χ1n) is 9.82. The molecule has 30 heavy (non-hydrogen) atoms. The smallest absolute Gasteiger partial charge is 0.239 e. The normalized spacial score (nSPS) is 21.1. The van der Waals surface area contributed by atoms with Crippen LogP contribution < -0.4 is 10.6 Å². The number of carbonyl (C=O) groups excluding carboxylic acids is 2. The molecule has 6 nitrogen and oxygen atoms in total.